The van der Waals surface area contributed by atoms with Gasteiger partial charge in [-0.25, -0.2) is 0 Å². The van der Waals surface area contributed by atoms with Crippen molar-refractivity contribution in [1.82, 2.24) is 0 Å². The molecule has 0 amide bonds. The van der Waals surface area contributed by atoms with Crippen LogP contribution in [0.5, 0.6) is 0 Å². The van der Waals surface area contributed by atoms with Gasteiger partial charge in [-0.1, -0.05) is 167 Å². The van der Waals surface area contributed by atoms with Crippen molar-refractivity contribution in [3.8, 4) is 0 Å². The summed E-state index contributed by atoms with van der Waals surface area (Å²) in [6, 6.07) is 0. The number of allylic oxidation sites excluding steroid dienone is 2. The molecule has 0 aromatic heterocycles. The molecule has 0 aliphatic heterocycles. The van der Waals surface area contributed by atoms with Gasteiger partial charge in [0.25, 0.3) is 7.82 Å². The van der Waals surface area contributed by atoms with Gasteiger partial charge in [0.15, 0.2) is 6.10 Å². The third-order valence-electron chi connectivity index (χ3n) is 9.79. The monoisotopic (exact) mass is 788 g/mol. The summed E-state index contributed by atoms with van der Waals surface area (Å²) in [5, 5.41) is 0. The lowest BCUT2D eigenvalue weighted by atomic mass is 10.0. The smallest absolute Gasteiger partial charge is 0.306 e. The highest BCUT2D eigenvalue weighted by atomic mass is 31.2. The van der Waals surface area contributed by atoms with E-state index in [1.165, 1.54) is 122 Å². The number of quaternary nitrogens is 1. The Hall–Kier alpha value is -1.25. The quantitative estimate of drug-likeness (QED) is 0.0198. The standard InChI is InChI=1S/C44H86NO8P/c1-6-8-10-12-14-16-18-20-22-24-26-28-30-32-34-36-43(46)50-40-42(41-52-54(48,49)51-39-38-45(3,4)5)53-44(47)37-35-33-31-29-27-25-23-21-19-17-15-13-11-9-7-2/h20,22,42H,6-19,21,23-41H2,1-5H3/b22-20+/t42-/m1/s1. The van der Waals surface area contributed by atoms with Gasteiger partial charge >= 0.3 is 11.9 Å². The number of hydrogen-bond acceptors (Lipinski definition) is 8. The predicted molar refractivity (Wildman–Crippen MR) is 222 cm³/mol. The Labute approximate surface area is 333 Å². The third kappa shape index (κ3) is 40.4. The second-order valence-electron chi connectivity index (χ2n) is 16.4. The normalized spacial score (nSPS) is 13.7. The third-order valence-corrected chi connectivity index (χ3v) is 10.7. The molecule has 0 saturated carbocycles. The molecule has 0 rings (SSSR count). The van der Waals surface area contributed by atoms with E-state index in [9.17, 15) is 19.0 Å². The number of rotatable bonds is 41. The zero-order valence-corrected chi connectivity index (χ0v) is 36.8. The summed E-state index contributed by atoms with van der Waals surface area (Å²) in [7, 11) is 1.17. The molecular weight excluding hydrogens is 701 g/mol. The van der Waals surface area contributed by atoms with E-state index in [4.69, 9.17) is 18.5 Å². The van der Waals surface area contributed by atoms with Crippen LogP contribution in [0.2, 0.25) is 0 Å². The maximum atomic E-state index is 12.7. The lowest BCUT2D eigenvalue weighted by Crippen LogP contribution is -2.37. The van der Waals surface area contributed by atoms with E-state index < -0.39 is 26.5 Å². The van der Waals surface area contributed by atoms with Crippen molar-refractivity contribution in [2.45, 2.75) is 213 Å². The molecule has 0 heterocycles. The molecule has 0 aromatic carbocycles. The lowest BCUT2D eigenvalue weighted by molar-refractivity contribution is -0.870. The van der Waals surface area contributed by atoms with Gasteiger partial charge in [0.05, 0.1) is 27.7 Å². The number of likely N-dealkylation sites (N-methyl/N-ethyl adjacent to an activating group) is 1. The molecule has 0 radical (unpaired) electrons. The van der Waals surface area contributed by atoms with E-state index >= 15 is 0 Å². The Bertz CT molecular complexity index is 938. The molecule has 0 bridgehead atoms. The van der Waals surface area contributed by atoms with Crippen molar-refractivity contribution >= 4 is 19.8 Å². The lowest BCUT2D eigenvalue weighted by Gasteiger charge is -2.28. The minimum Gasteiger partial charge on any atom is -0.756 e. The van der Waals surface area contributed by atoms with Crippen LogP contribution >= 0.6 is 7.82 Å². The van der Waals surface area contributed by atoms with E-state index in [0.717, 1.165) is 51.4 Å². The fourth-order valence-electron chi connectivity index (χ4n) is 6.24. The fourth-order valence-corrected chi connectivity index (χ4v) is 6.97. The van der Waals surface area contributed by atoms with Crippen LogP contribution in [-0.4, -0.2) is 70.0 Å². The minimum absolute atomic E-state index is 0.0289. The number of nitrogens with zero attached hydrogens (tertiary/aromatic N) is 1. The molecular formula is C44H86NO8P. The predicted octanol–water partition coefficient (Wildman–Crippen LogP) is 11.9. The van der Waals surface area contributed by atoms with Gasteiger partial charge in [0, 0.05) is 12.8 Å². The van der Waals surface area contributed by atoms with Crippen LogP contribution in [0.3, 0.4) is 0 Å². The van der Waals surface area contributed by atoms with Gasteiger partial charge in [0.1, 0.15) is 19.8 Å². The van der Waals surface area contributed by atoms with Crippen LogP contribution in [0, 0.1) is 0 Å². The van der Waals surface area contributed by atoms with Crippen LogP contribution in [0.1, 0.15) is 206 Å². The van der Waals surface area contributed by atoms with Crippen LogP contribution in [0.25, 0.3) is 0 Å². The second kappa shape index (κ2) is 37.3. The Kier molecular flexibility index (Phi) is 36.5. The maximum absolute atomic E-state index is 12.7. The first-order valence-electron chi connectivity index (χ1n) is 22.4. The molecule has 0 aliphatic rings. The summed E-state index contributed by atoms with van der Waals surface area (Å²) in [5.74, 6) is -0.834. The number of carbonyl (C=O) groups excluding carboxylic acids is 2. The number of phosphoric acid groups is 1. The molecule has 0 spiro atoms. The number of hydrogen-bond donors (Lipinski definition) is 0. The largest absolute Gasteiger partial charge is 0.756 e. The number of unbranched alkanes of at least 4 members (excludes halogenated alkanes) is 25. The highest BCUT2D eigenvalue weighted by molar-refractivity contribution is 7.45. The molecule has 2 atom stereocenters. The molecule has 0 fully saturated rings. The number of ether oxygens (including phenoxy) is 2. The molecule has 10 heteroatoms. The summed E-state index contributed by atoms with van der Waals surface area (Å²) < 4.78 is 33.9. The highest BCUT2D eigenvalue weighted by Crippen LogP contribution is 2.38. The van der Waals surface area contributed by atoms with Crippen LogP contribution in [-0.2, 0) is 32.7 Å². The zero-order valence-electron chi connectivity index (χ0n) is 35.9. The van der Waals surface area contributed by atoms with Crippen molar-refractivity contribution in [3.63, 3.8) is 0 Å². The first kappa shape index (κ1) is 52.8. The Morgan fingerprint density at radius 1 is 0.556 bits per heavy atom. The first-order valence-corrected chi connectivity index (χ1v) is 23.9. The van der Waals surface area contributed by atoms with E-state index in [0.29, 0.717) is 17.4 Å². The first-order chi connectivity index (χ1) is 26.0. The van der Waals surface area contributed by atoms with Crippen molar-refractivity contribution in [2.75, 3.05) is 47.5 Å². The summed E-state index contributed by atoms with van der Waals surface area (Å²) in [6.07, 6.45) is 38.0. The van der Waals surface area contributed by atoms with E-state index in [1.54, 1.807) is 0 Å². The molecule has 0 aromatic rings. The van der Waals surface area contributed by atoms with Crippen LogP contribution in [0.4, 0.5) is 0 Å². The van der Waals surface area contributed by atoms with Crippen LogP contribution < -0.4 is 4.89 Å². The van der Waals surface area contributed by atoms with Crippen molar-refractivity contribution in [1.29, 1.82) is 0 Å². The zero-order chi connectivity index (χ0) is 40.0. The van der Waals surface area contributed by atoms with Crippen molar-refractivity contribution < 1.29 is 42.1 Å². The van der Waals surface area contributed by atoms with E-state index in [-0.39, 0.29) is 32.0 Å². The molecule has 0 aliphatic carbocycles. The average Bonchev–Trinajstić information content (AvgIpc) is 3.12. The average molecular weight is 788 g/mol. The SMILES string of the molecule is CCCCCCCC/C=C/CCCCCCCC(=O)OC[C@H](COP(=O)([O-])OCC[N+](C)(C)C)OC(=O)CCCCCCCCCCCCCCCCC. The Morgan fingerprint density at radius 3 is 1.37 bits per heavy atom. The summed E-state index contributed by atoms with van der Waals surface area (Å²) >= 11 is 0. The van der Waals surface area contributed by atoms with Gasteiger partial charge in [0.2, 0.25) is 0 Å². The summed E-state index contributed by atoms with van der Waals surface area (Å²) in [6.45, 7) is 4.23. The maximum Gasteiger partial charge on any atom is 0.306 e. The second-order valence-corrected chi connectivity index (χ2v) is 17.8. The van der Waals surface area contributed by atoms with Gasteiger partial charge in [-0.15, -0.1) is 0 Å². The number of carbonyl (C=O) groups is 2. The van der Waals surface area contributed by atoms with Gasteiger partial charge in [-0.3, -0.25) is 14.2 Å². The van der Waals surface area contributed by atoms with E-state index in [2.05, 4.69) is 26.0 Å². The molecule has 54 heavy (non-hydrogen) atoms. The fraction of sp³-hybridized carbons (Fsp3) is 0.909. The molecule has 320 valence electrons. The van der Waals surface area contributed by atoms with Crippen molar-refractivity contribution in [3.05, 3.63) is 12.2 Å². The van der Waals surface area contributed by atoms with Crippen LogP contribution in [0.15, 0.2) is 12.2 Å². The molecule has 1 unspecified atom stereocenters. The minimum atomic E-state index is -4.62. The Balaban J connectivity index is 4.34. The summed E-state index contributed by atoms with van der Waals surface area (Å²) in [4.78, 5) is 37.5. The summed E-state index contributed by atoms with van der Waals surface area (Å²) in [5.41, 5.74) is 0. The highest BCUT2D eigenvalue weighted by Gasteiger charge is 2.21. The number of esters is 2. The van der Waals surface area contributed by atoms with Gasteiger partial charge in [-0.05, 0) is 38.5 Å². The topological polar surface area (TPSA) is 111 Å². The van der Waals surface area contributed by atoms with E-state index in [1.807, 2.05) is 21.1 Å². The Morgan fingerprint density at radius 2 is 0.944 bits per heavy atom. The van der Waals surface area contributed by atoms with Crippen molar-refractivity contribution in [2.24, 2.45) is 0 Å². The number of phosphoric ester groups is 1. The molecule has 0 N–H and O–H groups in total. The van der Waals surface area contributed by atoms with Gasteiger partial charge < -0.3 is 27.9 Å². The van der Waals surface area contributed by atoms with Gasteiger partial charge in [-0.2, -0.15) is 0 Å². The molecule has 9 nitrogen and oxygen atoms in total. The molecule has 0 saturated heterocycles.